The molecule has 0 aromatic heterocycles. The first-order valence-electron chi connectivity index (χ1n) is 5.27. The van der Waals surface area contributed by atoms with Crippen LogP contribution in [0.3, 0.4) is 0 Å². The number of hydrogen-bond donors (Lipinski definition) is 1. The fourth-order valence-electron chi connectivity index (χ4n) is 2.13. The summed E-state index contributed by atoms with van der Waals surface area (Å²) >= 11 is 0. The van der Waals surface area contributed by atoms with Gasteiger partial charge in [0, 0.05) is 11.5 Å². The SMILES string of the molecule is C=CCCC1=C(O)C(=O)C(=C)[C@@H]1C(C)C. The molecule has 0 radical (unpaired) electrons. The molecule has 0 aliphatic heterocycles. The summed E-state index contributed by atoms with van der Waals surface area (Å²) in [6.07, 6.45) is 3.27. The van der Waals surface area contributed by atoms with E-state index in [4.69, 9.17) is 0 Å². The minimum Gasteiger partial charge on any atom is -0.504 e. The number of carbonyl (C=O) groups excluding carboxylic acids is 1. The summed E-state index contributed by atoms with van der Waals surface area (Å²) in [7, 11) is 0. The quantitative estimate of drug-likeness (QED) is 0.566. The molecule has 0 heterocycles. The monoisotopic (exact) mass is 206 g/mol. The van der Waals surface area contributed by atoms with Crippen LogP contribution in [-0.4, -0.2) is 10.9 Å². The summed E-state index contributed by atoms with van der Waals surface area (Å²) in [5.41, 5.74) is 1.36. The van der Waals surface area contributed by atoms with Crippen LogP contribution in [0.15, 0.2) is 36.1 Å². The van der Waals surface area contributed by atoms with Crippen molar-refractivity contribution in [2.24, 2.45) is 11.8 Å². The largest absolute Gasteiger partial charge is 0.504 e. The molecule has 0 unspecified atom stereocenters. The third kappa shape index (κ3) is 2.04. The van der Waals surface area contributed by atoms with Gasteiger partial charge < -0.3 is 5.11 Å². The highest BCUT2D eigenvalue weighted by molar-refractivity contribution is 6.10. The summed E-state index contributed by atoms with van der Waals surface area (Å²) in [5.74, 6) is -0.0586. The maximum absolute atomic E-state index is 11.6. The Balaban J connectivity index is 3.00. The van der Waals surface area contributed by atoms with Gasteiger partial charge in [0.25, 0.3) is 0 Å². The first kappa shape index (κ1) is 11.8. The van der Waals surface area contributed by atoms with E-state index < -0.39 is 0 Å². The first-order chi connectivity index (χ1) is 7.00. The molecule has 0 spiro atoms. The Morgan fingerprint density at radius 2 is 2.13 bits per heavy atom. The predicted octanol–water partition coefficient (Wildman–Crippen LogP) is 3.18. The van der Waals surface area contributed by atoms with Gasteiger partial charge in [-0.1, -0.05) is 26.5 Å². The van der Waals surface area contributed by atoms with Crippen LogP contribution in [-0.2, 0) is 4.79 Å². The summed E-state index contributed by atoms with van der Waals surface area (Å²) in [6.45, 7) is 11.5. The van der Waals surface area contributed by atoms with Gasteiger partial charge in [-0.05, 0) is 24.3 Å². The molecule has 15 heavy (non-hydrogen) atoms. The van der Waals surface area contributed by atoms with Crippen LogP contribution >= 0.6 is 0 Å². The summed E-state index contributed by atoms with van der Waals surface area (Å²) in [4.78, 5) is 11.6. The number of aliphatic hydroxyl groups excluding tert-OH is 1. The Kier molecular flexibility index (Phi) is 3.51. The Bertz CT molecular complexity index is 334. The van der Waals surface area contributed by atoms with E-state index in [-0.39, 0.29) is 17.5 Å². The standard InChI is InChI=1S/C13H18O2/c1-5-6-7-10-11(8(2)3)9(4)12(14)13(10)15/h5,8,11,15H,1,4,6-7H2,2-3H3/t11-/m0/s1. The highest BCUT2D eigenvalue weighted by Crippen LogP contribution is 2.39. The number of rotatable bonds is 4. The molecule has 1 aliphatic rings. The zero-order valence-electron chi connectivity index (χ0n) is 9.42. The van der Waals surface area contributed by atoms with Gasteiger partial charge in [0.15, 0.2) is 5.76 Å². The number of allylic oxidation sites excluding steroid dienone is 3. The maximum atomic E-state index is 11.6. The number of hydrogen-bond acceptors (Lipinski definition) is 2. The van der Waals surface area contributed by atoms with E-state index in [0.29, 0.717) is 17.9 Å². The number of Topliss-reactive ketones (excluding diaryl/α,β-unsaturated/α-hetero) is 1. The van der Waals surface area contributed by atoms with Crippen molar-refractivity contribution in [2.75, 3.05) is 0 Å². The minimum atomic E-state index is -0.284. The molecule has 1 rings (SSSR count). The topological polar surface area (TPSA) is 37.3 Å². The lowest BCUT2D eigenvalue weighted by molar-refractivity contribution is -0.114. The second kappa shape index (κ2) is 4.47. The van der Waals surface area contributed by atoms with Crippen LogP contribution in [0.1, 0.15) is 26.7 Å². The van der Waals surface area contributed by atoms with Gasteiger partial charge in [0.05, 0.1) is 0 Å². The number of aliphatic hydroxyl groups is 1. The van der Waals surface area contributed by atoms with Crippen LogP contribution in [0, 0.1) is 11.8 Å². The van der Waals surface area contributed by atoms with Crippen LogP contribution < -0.4 is 0 Å². The average Bonchev–Trinajstić information content (AvgIpc) is 2.39. The molecule has 0 bridgehead atoms. The molecular weight excluding hydrogens is 188 g/mol. The third-order valence-electron chi connectivity index (χ3n) is 2.85. The third-order valence-corrected chi connectivity index (χ3v) is 2.85. The molecule has 1 atom stereocenters. The van der Waals surface area contributed by atoms with Crippen LogP contribution in [0.5, 0.6) is 0 Å². The summed E-state index contributed by atoms with van der Waals surface area (Å²) in [5, 5.41) is 9.71. The molecule has 82 valence electrons. The average molecular weight is 206 g/mol. The molecule has 0 saturated carbocycles. The Morgan fingerprint density at radius 3 is 2.60 bits per heavy atom. The maximum Gasteiger partial charge on any atom is 0.223 e. The fraction of sp³-hybridized carbons (Fsp3) is 0.462. The van der Waals surface area contributed by atoms with Crippen molar-refractivity contribution >= 4 is 5.78 Å². The van der Waals surface area contributed by atoms with Crippen LogP contribution in [0.2, 0.25) is 0 Å². The zero-order valence-corrected chi connectivity index (χ0v) is 9.42. The van der Waals surface area contributed by atoms with Gasteiger partial charge in [-0.3, -0.25) is 4.79 Å². The van der Waals surface area contributed by atoms with Gasteiger partial charge in [-0.25, -0.2) is 0 Å². The van der Waals surface area contributed by atoms with E-state index in [2.05, 4.69) is 13.2 Å². The second-order valence-corrected chi connectivity index (χ2v) is 4.28. The Morgan fingerprint density at radius 1 is 1.53 bits per heavy atom. The van der Waals surface area contributed by atoms with E-state index in [1.165, 1.54) is 0 Å². The lowest BCUT2D eigenvalue weighted by Gasteiger charge is -2.18. The molecule has 0 aromatic carbocycles. The van der Waals surface area contributed by atoms with E-state index in [9.17, 15) is 9.90 Å². The van der Waals surface area contributed by atoms with Gasteiger partial charge in [0.1, 0.15) is 0 Å². The molecule has 1 aliphatic carbocycles. The van der Waals surface area contributed by atoms with E-state index >= 15 is 0 Å². The number of carbonyl (C=O) groups is 1. The van der Waals surface area contributed by atoms with Gasteiger partial charge >= 0.3 is 0 Å². The molecule has 0 aromatic rings. The fourth-order valence-corrected chi connectivity index (χ4v) is 2.13. The van der Waals surface area contributed by atoms with Crippen LogP contribution in [0.25, 0.3) is 0 Å². The van der Waals surface area contributed by atoms with Crippen molar-refractivity contribution < 1.29 is 9.90 Å². The number of ketones is 1. The molecule has 0 saturated heterocycles. The van der Waals surface area contributed by atoms with E-state index in [1.807, 2.05) is 13.8 Å². The van der Waals surface area contributed by atoms with Crippen molar-refractivity contribution in [3.8, 4) is 0 Å². The molecule has 2 nitrogen and oxygen atoms in total. The van der Waals surface area contributed by atoms with Crippen molar-refractivity contribution in [1.29, 1.82) is 0 Å². The lowest BCUT2D eigenvalue weighted by Crippen LogP contribution is -2.11. The Labute approximate surface area is 91.0 Å². The predicted molar refractivity (Wildman–Crippen MR) is 61.6 cm³/mol. The van der Waals surface area contributed by atoms with E-state index in [0.717, 1.165) is 12.0 Å². The van der Waals surface area contributed by atoms with Gasteiger partial charge in [-0.15, -0.1) is 6.58 Å². The smallest absolute Gasteiger partial charge is 0.223 e. The summed E-state index contributed by atoms with van der Waals surface area (Å²) in [6, 6.07) is 0. The van der Waals surface area contributed by atoms with Gasteiger partial charge in [-0.2, -0.15) is 0 Å². The van der Waals surface area contributed by atoms with Crippen molar-refractivity contribution in [3.63, 3.8) is 0 Å². The zero-order chi connectivity index (χ0) is 11.6. The molecule has 2 heteroatoms. The van der Waals surface area contributed by atoms with Crippen molar-refractivity contribution in [2.45, 2.75) is 26.7 Å². The van der Waals surface area contributed by atoms with Crippen molar-refractivity contribution in [3.05, 3.63) is 36.1 Å². The van der Waals surface area contributed by atoms with Crippen LogP contribution in [0.4, 0.5) is 0 Å². The highest BCUT2D eigenvalue weighted by Gasteiger charge is 2.36. The van der Waals surface area contributed by atoms with E-state index in [1.54, 1.807) is 6.08 Å². The molecule has 1 N–H and O–H groups in total. The summed E-state index contributed by atoms with van der Waals surface area (Å²) < 4.78 is 0. The minimum absolute atomic E-state index is 0.0115. The first-order valence-corrected chi connectivity index (χ1v) is 5.27. The normalized spacial score (nSPS) is 21.7. The van der Waals surface area contributed by atoms with Gasteiger partial charge in [0.2, 0.25) is 5.78 Å². The highest BCUT2D eigenvalue weighted by atomic mass is 16.3. The molecule has 0 amide bonds. The second-order valence-electron chi connectivity index (χ2n) is 4.28. The van der Waals surface area contributed by atoms with Crippen molar-refractivity contribution in [1.82, 2.24) is 0 Å². The Hall–Kier alpha value is -1.31. The molecular formula is C13H18O2. The molecule has 0 fully saturated rings. The lowest BCUT2D eigenvalue weighted by atomic mass is 9.85.